The molecule has 164 valence electrons. The van der Waals surface area contributed by atoms with Crippen LogP contribution < -0.4 is 10.2 Å². The minimum atomic E-state index is -0.158. The number of halogens is 1. The molecule has 0 spiro atoms. The van der Waals surface area contributed by atoms with Crippen molar-refractivity contribution >= 4 is 50.6 Å². The van der Waals surface area contributed by atoms with Gasteiger partial charge in [0.25, 0.3) is 0 Å². The van der Waals surface area contributed by atoms with Gasteiger partial charge in [-0.15, -0.1) is 11.8 Å². The second-order valence-corrected chi connectivity index (χ2v) is 12.1. The van der Waals surface area contributed by atoms with Crippen molar-refractivity contribution in [3.8, 4) is 0 Å². The number of hydrogen-bond acceptors (Lipinski definition) is 4. The maximum atomic E-state index is 13.1. The molecule has 6 rings (SSSR count). The lowest BCUT2D eigenvalue weighted by Gasteiger charge is -2.40. The minimum absolute atomic E-state index is 0.0276. The molecule has 2 saturated carbocycles. The number of carbonyl (C=O) groups is 1. The number of thiazole rings is 1. The van der Waals surface area contributed by atoms with Gasteiger partial charge in [0.2, 0.25) is 5.91 Å². The Bertz CT molecular complexity index is 1220. The molecule has 0 saturated heterocycles. The van der Waals surface area contributed by atoms with Gasteiger partial charge in [-0.05, 0) is 66.8 Å². The van der Waals surface area contributed by atoms with Crippen LogP contribution in [0.3, 0.4) is 0 Å². The Morgan fingerprint density at radius 2 is 1.81 bits per heavy atom. The number of fused-ring (bicyclic) bond motifs is 6. The largest absolute Gasteiger partial charge is 0.325 e. The number of anilines is 1. The molecule has 2 aliphatic carbocycles. The van der Waals surface area contributed by atoms with Gasteiger partial charge in [0.05, 0.1) is 5.03 Å². The molecule has 32 heavy (non-hydrogen) atoms. The third-order valence-electron chi connectivity index (χ3n) is 7.28. The van der Waals surface area contributed by atoms with Crippen LogP contribution in [0.1, 0.15) is 35.6 Å². The zero-order valence-corrected chi connectivity index (χ0v) is 20.6. The van der Waals surface area contributed by atoms with Gasteiger partial charge < -0.3 is 5.32 Å². The average Bonchev–Trinajstić information content (AvgIpc) is 3.48. The fourth-order valence-corrected chi connectivity index (χ4v) is 9.41. The van der Waals surface area contributed by atoms with E-state index in [4.69, 9.17) is 0 Å². The molecule has 2 bridgehead atoms. The first-order valence-corrected chi connectivity index (χ1v) is 13.6. The van der Waals surface area contributed by atoms with Crippen molar-refractivity contribution in [2.75, 3.05) is 5.32 Å². The Labute approximate surface area is 203 Å². The summed E-state index contributed by atoms with van der Waals surface area (Å²) in [6.07, 6.45) is 3.91. The molecule has 2 aromatic carbocycles. The van der Waals surface area contributed by atoms with Crippen molar-refractivity contribution in [3.63, 3.8) is 0 Å². The van der Waals surface area contributed by atoms with E-state index >= 15 is 0 Å². The summed E-state index contributed by atoms with van der Waals surface area (Å²) >= 11 is 6.78. The normalized spacial score (nSPS) is 27.7. The standard InChI is InChI=1S/C25H23BrN2O2S2/c26-17-10-8-14(9-11-17)20-21-15-6-7-16(12-15)22(21)31-24-23(20)32-25(30)28(24)13-19(29)27-18-4-2-1-3-5-18/h1-5,8-11,15-16,20-22H,6-7,12-13H2,(H,27,29)/t15?,16?,20-,21?,22?/m1/s1. The molecule has 2 fully saturated rings. The molecule has 3 aromatic rings. The Morgan fingerprint density at radius 1 is 1.06 bits per heavy atom. The average molecular weight is 528 g/mol. The summed E-state index contributed by atoms with van der Waals surface area (Å²) in [5.41, 5.74) is 2.04. The SMILES string of the molecule is O=C(Cn1c2c(sc1=O)[C@H](c1ccc(Br)cc1)C1C3CCC(C3)C1S2)Nc1ccccc1. The minimum Gasteiger partial charge on any atom is -0.325 e. The summed E-state index contributed by atoms with van der Waals surface area (Å²) in [4.78, 5) is 27.0. The lowest BCUT2D eigenvalue weighted by molar-refractivity contribution is -0.116. The third-order valence-corrected chi connectivity index (χ3v) is 10.6. The van der Waals surface area contributed by atoms with Gasteiger partial charge in [-0.3, -0.25) is 14.2 Å². The molecule has 5 atom stereocenters. The maximum Gasteiger partial charge on any atom is 0.308 e. The molecule has 7 heteroatoms. The van der Waals surface area contributed by atoms with Crippen molar-refractivity contribution in [2.45, 2.75) is 42.0 Å². The fraction of sp³-hybridized carbons (Fsp3) is 0.360. The van der Waals surface area contributed by atoms with Crippen molar-refractivity contribution < 1.29 is 4.79 Å². The Balaban J connectivity index is 1.38. The first-order chi connectivity index (χ1) is 15.6. The van der Waals surface area contributed by atoms with Gasteiger partial charge in [0.15, 0.2) is 0 Å². The van der Waals surface area contributed by atoms with Gasteiger partial charge in [-0.1, -0.05) is 57.6 Å². The van der Waals surface area contributed by atoms with E-state index in [9.17, 15) is 9.59 Å². The first-order valence-electron chi connectivity index (χ1n) is 11.1. The van der Waals surface area contributed by atoms with Gasteiger partial charge in [0, 0.05) is 26.2 Å². The highest BCUT2D eigenvalue weighted by Crippen LogP contribution is 2.64. The smallest absolute Gasteiger partial charge is 0.308 e. The zero-order valence-electron chi connectivity index (χ0n) is 17.4. The highest BCUT2D eigenvalue weighted by molar-refractivity contribution is 9.10. The molecule has 1 N–H and O–H groups in total. The van der Waals surface area contributed by atoms with Crippen LogP contribution >= 0.6 is 39.0 Å². The summed E-state index contributed by atoms with van der Waals surface area (Å²) < 4.78 is 2.79. The molecule has 4 nitrogen and oxygen atoms in total. The van der Waals surface area contributed by atoms with Gasteiger partial charge in [0.1, 0.15) is 6.54 Å². The topological polar surface area (TPSA) is 51.1 Å². The molecule has 1 aliphatic heterocycles. The first kappa shape index (κ1) is 20.8. The van der Waals surface area contributed by atoms with Gasteiger partial charge in [-0.25, -0.2) is 0 Å². The highest BCUT2D eigenvalue weighted by Gasteiger charge is 2.55. The third kappa shape index (κ3) is 3.49. The van der Waals surface area contributed by atoms with Crippen LogP contribution in [0, 0.1) is 17.8 Å². The molecule has 4 unspecified atom stereocenters. The molecular weight excluding hydrogens is 504 g/mol. The second-order valence-electron chi connectivity index (χ2n) is 9.06. The number of aromatic nitrogens is 1. The summed E-state index contributed by atoms with van der Waals surface area (Å²) in [7, 11) is 0. The summed E-state index contributed by atoms with van der Waals surface area (Å²) in [5.74, 6) is 2.14. The van der Waals surface area contributed by atoms with Crippen LogP contribution in [-0.2, 0) is 11.3 Å². The lowest BCUT2D eigenvalue weighted by Crippen LogP contribution is -2.34. The Hall–Kier alpha value is -1.83. The second kappa shape index (κ2) is 8.19. The Morgan fingerprint density at radius 3 is 2.59 bits per heavy atom. The fourth-order valence-electron chi connectivity index (χ4n) is 6.00. The van der Waals surface area contributed by atoms with Crippen LogP contribution in [0.4, 0.5) is 5.69 Å². The van der Waals surface area contributed by atoms with E-state index in [1.165, 1.54) is 36.2 Å². The molecule has 1 aromatic heterocycles. The highest BCUT2D eigenvalue weighted by atomic mass is 79.9. The van der Waals surface area contributed by atoms with Crippen LogP contribution in [-0.4, -0.2) is 15.7 Å². The summed E-state index contributed by atoms with van der Waals surface area (Å²) in [5, 5.41) is 4.48. The van der Waals surface area contributed by atoms with Crippen molar-refractivity contribution in [3.05, 3.63) is 79.2 Å². The van der Waals surface area contributed by atoms with E-state index in [1.807, 2.05) is 42.1 Å². The number of carbonyl (C=O) groups excluding carboxylic acids is 1. The quantitative estimate of drug-likeness (QED) is 0.456. The number of benzene rings is 2. The molecule has 3 aliphatic rings. The number of hydrogen-bond donors (Lipinski definition) is 1. The molecule has 0 radical (unpaired) electrons. The van der Waals surface area contributed by atoms with Gasteiger partial charge in [-0.2, -0.15) is 0 Å². The molecule has 1 amide bonds. The Kier molecular flexibility index (Phi) is 5.31. The van der Waals surface area contributed by atoms with Crippen molar-refractivity contribution in [1.82, 2.24) is 4.57 Å². The number of nitrogens with zero attached hydrogens (tertiary/aromatic N) is 1. The van der Waals surface area contributed by atoms with E-state index < -0.39 is 0 Å². The zero-order chi connectivity index (χ0) is 21.8. The lowest BCUT2D eigenvalue weighted by atomic mass is 9.75. The predicted molar refractivity (Wildman–Crippen MR) is 134 cm³/mol. The van der Waals surface area contributed by atoms with E-state index in [1.54, 1.807) is 4.57 Å². The van der Waals surface area contributed by atoms with Crippen molar-refractivity contribution in [2.24, 2.45) is 17.8 Å². The van der Waals surface area contributed by atoms with Crippen molar-refractivity contribution in [1.29, 1.82) is 0 Å². The summed E-state index contributed by atoms with van der Waals surface area (Å²) in [6.45, 7) is 0.0606. The monoisotopic (exact) mass is 526 g/mol. The number of para-hydroxylation sites is 1. The van der Waals surface area contributed by atoms with Gasteiger partial charge >= 0.3 is 4.87 Å². The number of amides is 1. The molecular formula is C25H23BrN2O2S2. The predicted octanol–water partition coefficient (Wildman–Crippen LogP) is 5.96. The molecule has 2 heterocycles. The van der Waals surface area contributed by atoms with Crippen LogP contribution in [0.15, 0.2) is 68.9 Å². The maximum absolute atomic E-state index is 13.1. The number of nitrogens with one attached hydrogen (secondary N) is 1. The number of rotatable bonds is 4. The number of thioether (sulfide) groups is 1. The summed E-state index contributed by atoms with van der Waals surface area (Å²) in [6, 6.07) is 18.0. The van der Waals surface area contributed by atoms with E-state index in [2.05, 4.69) is 45.5 Å². The van der Waals surface area contributed by atoms with Crippen LogP contribution in [0.25, 0.3) is 0 Å². The van der Waals surface area contributed by atoms with Crippen LogP contribution in [0.5, 0.6) is 0 Å². The van der Waals surface area contributed by atoms with E-state index in [0.717, 1.165) is 31.9 Å². The van der Waals surface area contributed by atoms with E-state index in [0.29, 0.717) is 11.2 Å². The van der Waals surface area contributed by atoms with E-state index in [-0.39, 0.29) is 23.2 Å². The van der Waals surface area contributed by atoms with Crippen LogP contribution in [0.2, 0.25) is 0 Å².